The number of rotatable bonds is 8. The summed E-state index contributed by atoms with van der Waals surface area (Å²) in [4.78, 5) is 5.02. The minimum absolute atomic E-state index is 0. The van der Waals surface area contributed by atoms with E-state index in [1.54, 1.807) is 0 Å². The molecule has 4 heteroatoms. The predicted octanol–water partition coefficient (Wildman–Crippen LogP) is 6.52. The summed E-state index contributed by atoms with van der Waals surface area (Å²) in [5.41, 5.74) is 5.22. The zero-order valence-electron chi connectivity index (χ0n) is 17.7. The Morgan fingerprint density at radius 1 is 0.806 bits per heavy atom. The maximum absolute atomic E-state index is 6.42. The molecule has 31 heavy (non-hydrogen) atoms. The fraction of sp³-hybridized carbons (Fsp3) is 0.222. The summed E-state index contributed by atoms with van der Waals surface area (Å²) in [7, 11) is 0. The van der Waals surface area contributed by atoms with Crippen molar-refractivity contribution in [1.82, 2.24) is 9.55 Å². The molecule has 0 saturated carbocycles. The summed E-state index contributed by atoms with van der Waals surface area (Å²) >= 11 is 0. The van der Waals surface area contributed by atoms with E-state index in [1.807, 2.05) is 18.2 Å². The molecule has 4 aromatic rings. The molecule has 0 aliphatic carbocycles. The van der Waals surface area contributed by atoms with Crippen LogP contribution in [0.2, 0.25) is 0 Å². The van der Waals surface area contributed by atoms with Gasteiger partial charge in [0.2, 0.25) is 0 Å². The standard InChI is InChI=1S/C27H28N2O.Na.H/c1-3-4-14-21(2)30-27-28-25(22-15-8-5-9-16-22)26(23-17-10-6-11-18-23)29(27)24-19-12-7-13-20-24;;/h5-13,15-21H,3-4,14H2,1-2H3;;. The number of nitrogens with zero attached hydrogens (tertiary/aromatic N) is 2. The van der Waals surface area contributed by atoms with Crippen LogP contribution < -0.4 is 4.74 Å². The fourth-order valence-electron chi connectivity index (χ4n) is 3.69. The van der Waals surface area contributed by atoms with E-state index in [0.717, 1.165) is 47.5 Å². The number of hydrogen-bond donors (Lipinski definition) is 0. The van der Waals surface area contributed by atoms with Crippen LogP contribution in [0, 0.1) is 0 Å². The molecule has 1 atom stereocenters. The summed E-state index contributed by atoms with van der Waals surface area (Å²) in [6.07, 6.45) is 3.41. The van der Waals surface area contributed by atoms with E-state index in [9.17, 15) is 0 Å². The monoisotopic (exact) mass is 420 g/mol. The van der Waals surface area contributed by atoms with Gasteiger partial charge in [-0.15, -0.1) is 0 Å². The molecule has 1 heterocycles. The Hall–Kier alpha value is -2.33. The summed E-state index contributed by atoms with van der Waals surface area (Å²) in [5, 5.41) is 0. The number of ether oxygens (including phenoxy) is 1. The van der Waals surface area contributed by atoms with Gasteiger partial charge in [0.05, 0.1) is 17.5 Å². The molecule has 0 bridgehead atoms. The SMILES string of the molecule is CCCCC(C)Oc1nc(-c2ccccc2)c(-c2ccccc2)n1-c1ccccc1.[NaH]. The van der Waals surface area contributed by atoms with Crippen molar-refractivity contribution in [2.24, 2.45) is 0 Å². The van der Waals surface area contributed by atoms with E-state index in [4.69, 9.17) is 9.72 Å². The van der Waals surface area contributed by atoms with Crippen LogP contribution in [-0.4, -0.2) is 45.2 Å². The van der Waals surface area contributed by atoms with Gasteiger partial charge < -0.3 is 4.74 Å². The molecule has 1 aromatic heterocycles. The third kappa shape index (κ3) is 5.48. The van der Waals surface area contributed by atoms with Gasteiger partial charge in [-0.25, -0.2) is 0 Å². The summed E-state index contributed by atoms with van der Waals surface area (Å²) in [5.74, 6) is 0. The zero-order valence-corrected chi connectivity index (χ0v) is 17.7. The molecule has 154 valence electrons. The first-order valence-corrected chi connectivity index (χ1v) is 10.7. The second kappa shape index (κ2) is 11.3. The fourth-order valence-corrected chi connectivity index (χ4v) is 3.69. The van der Waals surface area contributed by atoms with Gasteiger partial charge in [-0.1, -0.05) is 98.6 Å². The molecule has 0 aliphatic heterocycles. The van der Waals surface area contributed by atoms with Crippen LogP contribution in [0.1, 0.15) is 33.1 Å². The van der Waals surface area contributed by atoms with Crippen LogP contribution in [0.5, 0.6) is 6.01 Å². The van der Waals surface area contributed by atoms with Crippen molar-refractivity contribution in [2.45, 2.75) is 39.2 Å². The maximum atomic E-state index is 6.42. The third-order valence-electron chi connectivity index (χ3n) is 5.23. The molecule has 0 fully saturated rings. The van der Waals surface area contributed by atoms with Gasteiger partial charge >= 0.3 is 35.6 Å². The number of hydrogen-bond acceptors (Lipinski definition) is 2. The normalized spacial score (nSPS) is 11.5. The van der Waals surface area contributed by atoms with Crippen molar-refractivity contribution >= 4 is 29.6 Å². The van der Waals surface area contributed by atoms with Crippen molar-refractivity contribution in [2.75, 3.05) is 0 Å². The second-order valence-electron chi connectivity index (χ2n) is 7.57. The van der Waals surface area contributed by atoms with Crippen molar-refractivity contribution in [3.63, 3.8) is 0 Å². The molecular weight excluding hydrogens is 391 g/mol. The molecule has 0 spiro atoms. The topological polar surface area (TPSA) is 27.1 Å². The van der Waals surface area contributed by atoms with E-state index >= 15 is 0 Å². The Labute approximate surface area is 207 Å². The summed E-state index contributed by atoms with van der Waals surface area (Å²) in [6.45, 7) is 4.34. The molecule has 0 saturated heterocycles. The number of imidazole rings is 1. The Balaban J connectivity index is 0.00000272. The van der Waals surface area contributed by atoms with E-state index in [-0.39, 0.29) is 35.7 Å². The van der Waals surface area contributed by atoms with Gasteiger partial charge in [0, 0.05) is 11.1 Å². The van der Waals surface area contributed by atoms with Gasteiger partial charge in [-0.3, -0.25) is 4.57 Å². The zero-order chi connectivity index (χ0) is 20.8. The first kappa shape index (κ1) is 23.3. The van der Waals surface area contributed by atoms with Crippen LogP contribution in [0.4, 0.5) is 0 Å². The van der Waals surface area contributed by atoms with Gasteiger partial charge in [0.15, 0.2) is 0 Å². The van der Waals surface area contributed by atoms with Gasteiger partial charge in [-0.05, 0) is 25.5 Å². The molecule has 3 aromatic carbocycles. The van der Waals surface area contributed by atoms with Crippen molar-refractivity contribution in [1.29, 1.82) is 0 Å². The van der Waals surface area contributed by atoms with E-state index in [1.165, 1.54) is 0 Å². The van der Waals surface area contributed by atoms with Crippen LogP contribution >= 0.6 is 0 Å². The third-order valence-corrected chi connectivity index (χ3v) is 5.23. The number of unbranched alkanes of at least 4 members (excludes halogenated alkanes) is 1. The predicted molar refractivity (Wildman–Crippen MR) is 131 cm³/mol. The van der Waals surface area contributed by atoms with Crippen molar-refractivity contribution in [3.8, 4) is 34.2 Å². The van der Waals surface area contributed by atoms with Gasteiger partial charge in [-0.2, -0.15) is 4.98 Å². The Morgan fingerprint density at radius 3 is 1.94 bits per heavy atom. The summed E-state index contributed by atoms with van der Waals surface area (Å²) < 4.78 is 8.57. The van der Waals surface area contributed by atoms with Crippen LogP contribution in [-0.2, 0) is 0 Å². The average molecular weight is 421 g/mol. The van der Waals surface area contributed by atoms with E-state index < -0.39 is 0 Å². The first-order chi connectivity index (χ1) is 14.8. The average Bonchev–Trinajstić information content (AvgIpc) is 3.18. The number of para-hydroxylation sites is 1. The summed E-state index contributed by atoms with van der Waals surface area (Å²) in [6, 6.07) is 31.8. The van der Waals surface area contributed by atoms with Crippen LogP contribution in [0.3, 0.4) is 0 Å². The van der Waals surface area contributed by atoms with E-state index in [2.05, 4.69) is 91.2 Å². The first-order valence-electron chi connectivity index (χ1n) is 10.7. The van der Waals surface area contributed by atoms with Crippen LogP contribution in [0.15, 0.2) is 91.0 Å². The van der Waals surface area contributed by atoms with E-state index in [0.29, 0.717) is 6.01 Å². The quantitative estimate of drug-likeness (QED) is 0.304. The van der Waals surface area contributed by atoms with Crippen LogP contribution in [0.25, 0.3) is 28.2 Å². The van der Waals surface area contributed by atoms with Crippen molar-refractivity contribution < 1.29 is 4.74 Å². The Kier molecular flexibility index (Phi) is 8.53. The molecule has 0 aliphatic rings. The molecular formula is C27H29N2NaO. The molecule has 0 radical (unpaired) electrons. The second-order valence-corrected chi connectivity index (χ2v) is 7.57. The molecule has 4 rings (SSSR count). The molecule has 0 N–H and O–H groups in total. The number of aromatic nitrogens is 2. The minimum atomic E-state index is 0. The van der Waals surface area contributed by atoms with Gasteiger partial charge in [0.25, 0.3) is 0 Å². The number of benzene rings is 3. The molecule has 0 amide bonds. The molecule has 3 nitrogen and oxygen atoms in total. The Morgan fingerprint density at radius 2 is 1.35 bits per heavy atom. The van der Waals surface area contributed by atoms with Crippen molar-refractivity contribution in [3.05, 3.63) is 91.0 Å². The van der Waals surface area contributed by atoms with Gasteiger partial charge in [0.1, 0.15) is 5.69 Å². The Bertz CT molecular complexity index is 1060. The molecule has 1 unspecified atom stereocenters.